The predicted octanol–water partition coefficient (Wildman–Crippen LogP) is 1.29. The Balaban J connectivity index is 2.37. The highest BCUT2D eigenvalue weighted by Gasteiger charge is 2.06. The van der Waals surface area contributed by atoms with Gasteiger partial charge in [-0.2, -0.15) is 5.10 Å². The van der Waals surface area contributed by atoms with Crippen molar-refractivity contribution in [3.8, 4) is 0 Å². The number of nitrogens with two attached hydrogens (primary N) is 1. The summed E-state index contributed by atoms with van der Waals surface area (Å²) in [6.07, 6.45) is 4.70. The largest absolute Gasteiger partial charge is 0.328 e. The topological polar surface area (TPSA) is 76.2 Å². The Labute approximate surface area is 121 Å². The Bertz CT molecular complexity index is 398. The lowest BCUT2D eigenvalue weighted by Crippen LogP contribution is -2.27. The third-order valence-electron chi connectivity index (χ3n) is 3.28. The van der Waals surface area contributed by atoms with Crippen molar-refractivity contribution < 1.29 is 4.79 Å². The molecule has 0 aliphatic carbocycles. The molecule has 0 bridgehead atoms. The van der Waals surface area contributed by atoms with Crippen LogP contribution in [0.1, 0.15) is 33.6 Å². The lowest BCUT2D eigenvalue weighted by Gasteiger charge is -2.17. The SMILES string of the molecule is CCN(CC)CCn1cc(NC(=O)CCC(C)N)cn1. The normalized spacial score (nSPS) is 12.7. The molecule has 0 saturated carbocycles. The Morgan fingerprint density at radius 1 is 1.50 bits per heavy atom. The van der Waals surface area contributed by atoms with Gasteiger partial charge in [-0.15, -0.1) is 0 Å². The Hall–Kier alpha value is -1.40. The van der Waals surface area contributed by atoms with Crippen LogP contribution in [-0.2, 0) is 11.3 Å². The van der Waals surface area contributed by atoms with E-state index in [0.717, 1.165) is 31.9 Å². The summed E-state index contributed by atoms with van der Waals surface area (Å²) in [5, 5.41) is 7.10. The fourth-order valence-electron chi connectivity index (χ4n) is 1.92. The molecule has 6 heteroatoms. The maximum Gasteiger partial charge on any atom is 0.224 e. The second-order valence-corrected chi connectivity index (χ2v) is 5.08. The monoisotopic (exact) mass is 281 g/mol. The van der Waals surface area contributed by atoms with Gasteiger partial charge < -0.3 is 16.0 Å². The van der Waals surface area contributed by atoms with E-state index in [1.165, 1.54) is 0 Å². The van der Waals surface area contributed by atoms with E-state index < -0.39 is 0 Å². The van der Waals surface area contributed by atoms with E-state index in [0.29, 0.717) is 12.8 Å². The summed E-state index contributed by atoms with van der Waals surface area (Å²) in [6.45, 7) is 10.1. The molecule has 0 saturated heterocycles. The molecular weight excluding hydrogens is 254 g/mol. The molecule has 0 fully saturated rings. The van der Waals surface area contributed by atoms with Crippen LogP contribution in [0.2, 0.25) is 0 Å². The molecule has 1 aromatic heterocycles. The Morgan fingerprint density at radius 3 is 2.80 bits per heavy atom. The molecule has 0 spiro atoms. The van der Waals surface area contributed by atoms with Gasteiger partial charge in [0, 0.05) is 25.2 Å². The molecule has 6 nitrogen and oxygen atoms in total. The van der Waals surface area contributed by atoms with Gasteiger partial charge >= 0.3 is 0 Å². The first-order chi connectivity index (χ1) is 9.55. The minimum absolute atomic E-state index is 0.00871. The van der Waals surface area contributed by atoms with E-state index in [1.807, 2.05) is 17.8 Å². The molecule has 1 aromatic rings. The van der Waals surface area contributed by atoms with Crippen molar-refractivity contribution in [1.29, 1.82) is 0 Å². The zero-order chi connectivity index (χ0) is 15.0. The number of aromatic nitrogens is 2. The average Bonchev–Trinajstić information content (AvgIpc) is 2.85. The number of carbonyl (C=O) groups excluding carboxylic acids is 1. The molecule has 1 rings (SSSR count). The number of anilines is 1. The Kier molecular flexibility index (Phi) is 7.25. The maximum atomic E-state index is 11.7. The van der Waals surface area contributed by atoms with E-state index in [4.69, 9.17) is 5.73 Å². The summed E-state index contributed by atoms with van der Waals surface area (Å²) in [5.74, 6) is -0.00871. The summed E-state index contributed by atoms with van der Waals surface area (Å²) in [5.41, 5.74) is 6.38. The van der Waals surface area contributed by atoms with Crippen molar-refractivity contribution in [3.63, 3.8) is 0 Å². The minimum Gasteiger partial charge on any atom is -0.328 e. The summed E-state index contributed by atoms with van der Waals surface area (Å²) in [7, 11) is 0. The van der Waals surface area contributed by atoms with Crippen LogP contribution in [0.15, 0.2) is 12.4 Å². The van der Waals surface area contributed by atoms with Crippen molar-refractivity contribution in [2.24, 2.45) is 5.73 Å². The highest BCUT2D eigenvalue weighted by atomic mass is 16.1. The van der Waals surface area contributed by atoms with E-state index in [-0.39, 0.29) is 11.9 Å². The van der Waals surface area contributed by atoms with Gasteiger partial charge in [-0.1, -0.05) is 13.8 Å². The van der Waals surface area contributed by atoms with Gasteiger partial charge in [0.05, 0.1) is 18.4 Å². The van der Waals surface area contributed by atoms with Crippen molar-refractivity contribution in [2.45, 2.75) is 46.2 Å². The van der Waals surface area contributed by atoms with Crippen LogP contribution >= 0.6 is 0 Å². The first-order valence-electron chi connectivity index (χ1n) is 7.35. The highest BCUT2D eigenvalue weighted by Crippen LogP contribution is 2.06. The standard InChI is InChI=1S/C14H27N5O/c1-4-18(5-2)8-9-19-11-13(10-16-19)17-14(20)7-6-12(3)15/h10-12H,4-9,15H2,1-3H3,(H,17,20). The summed E-state index contributed by atoms with van der Waals surface area (Å²) in [6, 6.07) is 0.0533. The van der Waals surface area contributed by atoms with Crippen molar-refractivity contribution in [1.82, 2.24) is 14.7 Å². The van der Waals surface area contributed by atoms with Crippen LogP contribution < -0.4 is 11.1 Å². The third kappa shape index (κ3) is 6.16. The molecular formula is C14H27N5O. The fourth-order valence-corrected chi connectivity index (χ4v) is 1.92. The van der Waals surface area contributed by atoms with Gasteiger partial charge in [0.2, 0.25) is 5.91 Å². The van der Waals surface area contributed by atoms with Crippen LogP contribution in [0.5, 0.6) is 0 Å². The lowest BCUT2D eigenvalue weighted by molar-refractivity contribution is -0.116. The number of hydrogen-bond acceptors (Lipinski definition) is 4. The Morgan fingerprint density at radius 2 is 2.20 bits per heavy atom. The van der Waals surface area contributed by atoms with Crippen LogP contribution in [0, 0.1) is 0 Å². The van der Waals surface area contributed by atoms with Crippen LogP contribution in [0.3, 0.4) is 0 Å². The molecule has 1 atom stereocenters. The molecule has 1 amide bonds. The number of carbonyl (C=O) groups is 1. The highest BCUT2D eigenvalue weighted by molar-refractivity contribution is 5.90. The second-order valence-electron chi connectivity index (χ2n) is 5.08. The summed E-state index contributed by atoms with van der Waals surface area (Å²) < 4.78 is 1.86. The van der Waals surface area contributed by atoms with E-state index in [1.54, 1.807) is 6.20 Å². The number of nitrogens with one attached hydrogen (secondary N) is 1. The van der Waals surface area contributed by atoms with Gasteiger partial charge in [0.15, 0.2) is 0 Å². The molecule has 1 unspecified atom stereocenters. The molecule has 0 aromatic carbocycles. The van der Waals surface area contributed by atoms with Gasteiger partial charge in [-0.05, 0) is 26.4 Å². The zero-order valence-electron chi connectivity index (χ0n) is 12.8. The molecule has 3 N–H and O–H groups in total. The van der Waals surface area contributed by atoms with Crippen molar-refractivity contribution in [3.05, 3.63) is 12.4 Å². The zero-order valence-corrected chi connectivity index (χ0v) is 12.8. The quantitative estimate of drug-likeness (QED) is 0.715. The summed E-state index contributed by atoms with van der Waals surface area (Å²) in [4.78, 5) is 14.0. The molecule has 0 aliphatic rings. The van der Waals surface area contributed by atoms with Gasteiger partial charge in [0.1, 0.15) is 0 Å². The minimum atomic E-state index is -0.00871. The van der Waals surface area contributed by atoms with Crippen LogP contribution in [-0.4, -0.2) is 46.3 Å². The first-order valence-corrected chi connectivity index (χ1v) is 7.35. The second kappa shape index (κ2) is 8.71. The van der Waals surface area contributed by atoms with E-state index >= 15 is 0 Å². The molecule has 0 radical (unpaired) electrons. The fraction of sp³-hybridized carbons (Fsp3) is 0.714. The molecule has 20 heavy (non-hydrogen) atoms. The van der Waals surface area contributed by atoms with E-state index in [2.05, 4.69) is 29.2 Å². The van der Waals surface area contributed by atoms with E-state index in [9.17, 15) is 4.79 Å². The summed E-state index contributed by atoms with van der Waals surface area (Å²) >= 11 is 0. The number of rotatable bonds is 9. The molecule has 0 aliphatic heterocycles. The van der Waals surface area contributed by atoms with Crippen LogP contribution in [0.25, 0.3) is 0 Å². The van der Waals surface area contributed by atoms with Crippen LogP contribution in [0.4, 0.5) is 5.69 Å². The predicted molar refractivity (Wildman–Crippen MR) is 81.5 cm³/mol. The maximum absolute atomic E-state index is 11.7. The number of nitrogens with zero attached hydrogens (tertiary/aromatic N) is 3. The van der Waals surface area contributed by atoms with Gasteiger partial charge in [-0.25, -0.2) is 0 Å². The number of amides is 1. The third-order valence-corrected chi connectivity index (χ3v) is 3.28. The smallest absolute Gasteiger partial charge is 0.224 e. The molecule has 1 heterocycles. The lowest BCUT2D eigenvalue weighted by atomic mass is 10.2. The number of hydrogen-bond donors (Lipinski definition) is 2. The van der Waals surface area contributed by atoms with Crippen molar-refractivity contribution in [2.75, 3.05) is 25.0 Å². The molecule has 114 valence electrons. The van der Waals surface area contributed by atoms with Gasteiger partial charge in [0.25, 0.3) is 0 Å². The van der Waals surface area contributed by atoms with Gasteiger partial charge in [-0.3, -0.25) is 9.48 Å². The first kappa shape index (κ1) is 16.7. The average molecular weight is 281 g/mol. The van der Waals surface area contributed by atoms with Crippen molar-refractivity contribution >= 4 is 11.6 Å². The number of likely N-dealkylation sites (N-methyl/N-ethyl adjacent to an activating group) is 1.